The minimum atomic E-state index is -0.0728. The molecule has 1 aromatic rings. The summed E-state index contributed by atoms with van der Waals surface area (Å²) in [6.45, 7) is 2.33. The van der Waals surface area contributed by atoms with Crippen LogP contribution >= 0.6 is 0 Å². The monoisotopic (exact) mass is 211 g/mol. The Labute approximate surface area is 86.5 Å². The zero-order valence-electron chi connectivity index (χ0n) is 8.20. The van der Waals surface area contributed by atoms with Gasteiger partial charge in [0.15, 0.2) is 0 Å². The quantitative estimate of drug-likeness (QED) is 0.301. The average Bonchev–Trinajstić information content (AvgIpc) is 2.88. The zero-order valence-corrected chi connectivity index (χ0v) is 8.20. The number of nitrogens with two attached hydrogens (primary N) is 1. The summed E-state index contributed by atoms with van der Waals surface area (Å²) in [5.74, 6) is 0.652. The first-order chi connectivity index (χ1) is 7.29. The molecule has 1 saturated heterocycles. The van der Waals surface area contributed by atoms with E-state index in [-0.39, 0.29) is 11.7 Å². The van der Waals surface area contributed by atoms with Crippen LogP contribution in [0.4, 0.5) is 0 Å². The molecule has 1 unspecified atom stereocenters. The van der Waals surface area contributed by atoms with Gasteiger partial charge in [0.2, 0.25) is 11.7 Å². The second kappa shape index (κ2) is 4.26. The molecule has 1 aromatic heterocycles. The molecule has 0 amide bonds. The zero-order chi connectivity index (χ0) is 10.7. The van der Waals surface area contributed by atoms with Gasteiger partial charge in [-0.25, -0.2) is 4.98 Å². The third kappa shape index (κ3) is 2.24. The van der Waals surface area contributed by atoms with Gasteiger partial charge in [-0.2, -0.15) is 0 Å². The van der Waals surface area contributed by atoms with Crippen molar-refractivity contribution in [2.24, 2.45) is 16.8 Å². The van der Waals surface area contributed by atoms with Crippen molar-refractivity contribution >= 4 is 5.84 Å². The summed E-state index contributed by atoms with van der Waals surface area (Å²) in [4.78, 5) is 3.92. The predicted octanol–water partition coefficient (Wildman–Crippen LogP) is -0.591. The summed E-state index contributed by atoms with van der Waals surface area (Å²) >= 11 is 0. The van der Waals surface area contributed by atoms with Crippen molar-refractivity contribution in [3.8, 4) is 0 Å². The molecule has 1 aliphatic rings. The molecule has 0 aliphatic carbocycles. The van der Waals surface area contributed by atoms with Gasteiger partial charge in [-0.15, -0.1) is 5.10 Å². The number of oxime groups is 1. The molecular weight excluding hydrogens is 198 g/mol. The Bertz CT molecular complexity index is 356. The third-order valence-corrected chi connectivity index (χ3v) is 2.34. The number of ether oxygens (including phenoxy) is 1. The fraction of sp³-hybridized carbons (Fsp3) is 0.625. The van der Waals surface area contributed by atoms with Crippen LogP contribution in [-0.2, 0) is 11.3 Å². The maximum Gasteiger partial charge on any atom is 0.219 e. The van der Waals surface area contributed by atoms with E-state index in [0.29, 0.717) is 5.92 Å². The lowest BCUT2D eigenvalue weighted by molar-refractivity contribution is 0.181. The minimum absolute atomic E-state index is 0.0728. The highest BCUT2D eigenvalue weighted by molar-refractivity contribution is 5.93. The SMILES string of the molecule is NC(=NO)c1ncn(CC2CCOC2)n1. The molecule has 7 heteroatoms. The molecule has 0 saturated carbocycles. The van der Waals surface area contributed by atoms with Crippen LogP contribution in [0.3, 0.4) is 0 Å². The standard InChI is InChI=1S/C8H13N5O2/c9-7(12-14)8-10-5-13(11-8)3-6-1-2-15-4-6/h5-6,14H,1-4H2,(H2,9,12). The van der Waals surface area contributed by atoms with E-state index in [9.17, 15) is 0 Å². The van der Waals surface area contributed by atoms with Crippen LogP contribution in [0.25, 0.3) is 0 Å². The summed E-state index contributed by atoms with van der Waals surface area (Å²) in [5, 5.41) is 15.3. The van der Waals surface area contributed by atoms with Crippen LogP contribution in [-0.4, -0.2) is 39.0 Å². The van der Waals surface area contributed by atoms with Crippen LogP contribution in [0.15, 0.2) is 11.5 Å². The van der Waals surface area contributed by atoms with Crippen molar-refractivity contribution in [1.29, 1.82) is 0 Å². The number of hydrogen-bond acceptors (Lipinski definition) is 5. The van der Waals surface area contributed by atoms with E-state index >= 15 is 0 Å². The molecule has 3 N–H and O–H groups in total. The average molecular weight is 211 g/mol. The summed E-state index contributed by atoms with van der Waals surface area (Å²) in [5.41, 5.74) is 5.35. The Morgan fingerprint density at radius 3 is 3.33 bits per heavy atom. The molecule has 7 nitrogen and oxygen atoms in total. The third-order valence-electron chi connectivity index (χ3n) is 2.34. The van der Waals surface area contributed by atoms with E-state index in [0.717, 1.165) is 26.2 Å². The Kier molecular flexibility index (Phi) is 2.82. The van der Waals surface area contributed by atoms with Gasteiger partial charge in [0.25, 0.3) is 0 Å². The van der Waals surface area contributed by atoms with E-state index in [1.165, 1.54) is 0 Å². The van der Waals surface area contributed by atoms with Crippen LogP contribution in [0, 0.1) is 5.92 Å². The van der Waals surface area contributed by atoms with Gasteiger partial charge in [-0.3, -0.25) is 4.68 Å². The highest BCUT2D eigenvalue weighted by Crippen LogP contribution is 2.13. The molecule has 1 aliphatic heterocycles. The Morgan fingerprint density at radius 2 is 2.67 bits per heavy atom. The number of aromatic nitrogens is 3. The number of amidine groups is 1. The first-order valence-corrected chi connectivity index (χ1v) is 4.74. The fourth-order valence-corrected chi connectivity index (χ4v) is 1.54. The van der Waals surface area contributed by atoms with E-state index in [2.05, 4.69) is 15.2 Å². The van der Waals surface area contributed by atoms with Crippen molar-refractivity contribution in [3.63, 3.8) is 0 Å². The van der Waals surface area contributed by atoms with Crippen LogP contribution in [0.5, 0.6) is 0 Å². The largest absolute Gasteiger partial charge is 0.409 e. The molecule has 82 valence electrons. The van der Waals surface area contributed by atoms with Crippen LogP contribution in [0.2, 0.25) is 0 Å². The van der Waals surface area contributed by atoms with Gasteiger partial charge >= 0.3 is 0 Å². The summed E-state index contributed by atoms with van der Waals surface area (Å²) in [6, 6.07) is 0. The number of rotatable bonds is 3. The lowest BCUT2D eigenvalue weighted by Crippen LogP contribution is -2.16. The lowest BCUT2D eigenvalue weighted by Gasteiger charge is -2.05. The molecule has 2 heterocycles. The topological polar surface area (TPSA) is 98.6 Å². The Morgan fingerprint density at radius 1 is 1.80 bits per heavy atom. The van der Waals surface area contributed by atoms with Crippen LogP contribution < -0.4 is 5.73 Å². The van der Waals surface area contributed by atoms with E-state index in [1.807, 2.05) is 0 Å². The molecule has 0 aromatic carbocycles. The second-order valence-corrected chi connectivity index (χ2v) is 3.51. The van der Waals surface area contributed by atoms with Crippen LogP contribution in [0.1, 0.15) is 12.2 Å². The minimum Gasteiger partial charge on any atom is -0.409 e. The highest BCUT2D eigenvalue weighted by atomic mass is 16.5. The summed E-state index contributed by atoms with van der Waals surface area (Å²) < 4.78 is 6.94. The van der Waals surface area contributed by atoms with Crippen molar-refractivity contribution in [2.75, 3.05) is 13.2 Å². The van der Waals surface area contributed by atoms with Crippen molar-refractivity contribution in [3.05, 3.63) is 12.2 Å². The van der Waals surface area contributed by atoms with Crippen molar-refractivity contribution in [1.82, 2.24) is 14.8 Å². The van der Waals surface area contributed by atoms with Gasteiger partial charge < -0.3 is 15.7 Å². The molecule has 2 rings (SSSR count). The molecular formula is C8H13N5O2. The number of hydrogen-bond donors (Lipinski definition) is 2. The van der Waals surface area contributed by atoms with E-state index in [1.54, 1.807) is 11.0 Å². The Balaban J connectivity index is 2.00. The normalized spacial score (nSPS) is 22.1. The van der Waals surface area contributed by atoms with Gasteiger partial charge in [-0.05, 0) is 6.42 Å². The summed E-state index contributed by atoms with van der Waals surface area (Å²) in [6.07, 6.45) is 2.62. The molecule has 0 spiro atoms. The van der Waals surface area contributed by atoms with Crippen molar-refractivity contribution in [2.45, 2.75) is 13.0 Å². The van der Waals surface area contributed by atoms with E-state index < -0.39 is 0 Å². The van der Waals surface area contributed by atoms with Gasteiger partial charge in [0.1, 0.15) is 6.33 Å². The Hall–Kier alpha value is -1.63. The lowest BCUT2D eigenvalue weighted by atomic mass is 10.1. The molecule has 15 heavy (non-hydrogen) atoms. The molecule has 0 radical (unpaired) electrons. The number of nitrogens with zero attached hydrogens (tertiary/aromatic N) is 4. The van der Waals surface area contributed by atoms with Gasteiger partial charge in [0.05, 0.1) is 6.61 Å². The van der Waals surface area contributed by atoms with E-state index in [4.69, 9.17) is 15.7 Å². The molecule has 1 atom stereocenters. The predicted molar refractivity (Wildman–Crippen MR) is 51.5 cm³/mol. The van der Waals surface area contributed by atoms with Crippen molar-refractivity contribution < 1.29 is 9.94 Å². The molecule has 1 fully saturated rings. The fourth-order valence-electron chi connectivity index (χ4n) is 1.54. The van der Waals surface area contributed by atoms with Gasteiger partial charge in [-0.1, -0.05) is 5.16 Å². The first kappa shape index (κ1) is 9.91. The maximum atomic E-state index is 8.44. The van der Waals surface area contributed by atoms with Gasteiger partial charge in [0, 0.05) is 19.1 Å². The maximum absolute atomic E-state index is 8.44. The molecule has 0 bridgehead atoms. The second-order valence-electron chi connectivity index (χ2n) is 3.51. The highest BCUT2D eigenvalue weighted by Gasteiger charge is 2.17. The summed E-state index contributed by atoms with van der Waals surface area (Å²) in [7, 11) is 0. The first-order valence-electron chi connectivity index (χ1n) is 4.74. The smallest absolute Gasteiger partial charge is 0.219 e.